The topological polar surface area (TPSA) is 105 Å². The largest absolute Gasteiger partial charge is 0.496 e. The molecule has 1 fully saturated rings. The molecule has 4 aromatic rings. The summed E-state index contributed by atoms with van der Waals surface area (Å²) in [5.74, 6) is 1.43. The molecule has 0 radical (unpaired) electrons. The maximum atomic E-state index is 13.2. The van der Waals surface area contributed by atoms with Crippen molar-refractivity contribution < 1.29 is 4.74 Å². The van der Waals surface area contributed by atoms with Crippen LogP contribution in [0.5, 0.6) is 5.75 Å². The Kier molecular flexibility index (Phi) is 6.31. The van der Waals surface area contributed by atoms with E-state index in [0.29, 0.717) is 11.6 Å². The van der Waals surface area contributed by atoms with Crippen molar-refractivity contribution in [3.05, 3.63) is 80.3 Å². The highest BCUT2D eigenvalue weighted by molar-refractivity contribution is 6.37. The van der Waals surface area contributed by atoms with E-state index in [-0.39, 0.29) is 32.5 Å². The molecule has 1 aliphatic heterocycles. The predicted octanol–water partition coefficient (Wildman–Crippen LogP) is 4.79. The molecule has 1 saturated heterocycles. The molecule has 0 amide bonds. The van der Waals surface area contributed by atoms with E-state index in [4.69, 9.17) is 27.9 Å². The van der Waals surface area contributed by atoms with Crippen LogP contribution < -0.4 is 20.9 Å². The van der Waals surface area contributed by atoms with Gasteiger partial charge in [0.1, 0.15) is 17.3 Å². The highest BCUT2D eigenvalue weighted by Gasteiger charge is 2.21. The van der Waals surface area contributed by atoms with Crippen molar-refractivity contribution in [2.75, 3.05) is 25.5 Å². The number of benzene rings is 2. The number of hydrogen-bond acceptors (Lipinski definition) is 7. The van der Waals surface area contributed by atoms with Crippen LogP contribution in [0.2, 0.25) is 10.0 Å². The summed E-state index contributed by atoms with van der Waals surface area (Å²) in [7, 11) is 1.65. The Morgan fingerprint density at radius 1 is 1.26 bits per heavy atom. The number of pyridine rings is 1. The zero-order valence-electron chi connectivity index (χ0n) is 18.7. The molecule has 8 nitrogen and oxygen atoms in total. The third kappa shape index (κ3) is 4.30. The molecule has 1 aliphatic rings. The van der Waals surface area contributed by atoms with Crippen LogP contribution in [0, 0.1) is 11.3 Å². The minimum atomic E-state index is -0.434. The normalized spacial score (nSPS) is 15.2. The van der Waals surface area contributed by atoms with Gasteiger partial charge in [0.2, 0.25) is 5.95 Å². The van der Waals surface area contributed by atoms with Crippen LogP contribution in [0.1, 0.15) is 23.5 Å². The number of rotatable bonds is 5. The molecule has 1 atom stereocenters. The maximum Gasteiger partial charge on any atom is 0.266 e. The second-order valence-electron chi connectivity index (χ2n) is 8.13. The van der Waals surface area contributed by atoms with Crippen LogP contribution in [-0.2, 0) is 0 Å². The van der Waals surface area contributed by atoms with Gasteiger partial charge in [-0.25, -0.2) is 9.97 Å². The van der Waals surface area contributed by atoms with Gasteiger partial charge >= 0.3 is 0 Å². The van der Waals surface area contributed by atoms with Crippen molar-refractivity contribution in [3.8, 4) is 17.5 Å². The van der Waals surface area contributed by atoms with Gasteiger partial charge in [-0.1, -0.05) is 35.3 Å². The van der Waals surface area contributed by atoms with Crippen LogP contribution in [0.15, 0.2) is 53.6 Å². The standard InChI is InChI=1S/C25H20Cl2N6O2/c1-35-21-9-16(5-6-17(21)14-7-8-29-11-14)31-25-30-12-18-22(32-25)15(10-28)13-33(24(18)34)23-19(26)3-2-4-20(23)27/h2-6,9,12-14,29H,7-8,11H2,1H3,(H,30,31,32). The molecule has 3 heterocycles. The number of methoxy groups -OCH3 is 1. The fourth-order valence-corrected chi connectivity index (χ4v) is 4.90. The average molecular weight is 507 g/mol. The molecule has 176 valence electrons. The lowest BCUT2D eigenvalue weighted by molar-refractivity contribution is 0.406. The number of nitrogens with one attached hydrogen (secondary N) is 2. The number of hydrogen-bond donors (Lipinski definition) is 2. The van der Waals surface area contributed by atoms with Crippen LogP contribution in [0.3, 0.4) is 0 Å². The molecule has 2 aromatic carbocycles. The van der Waals surface area contributed by atoms with Gasteiger partial charge < -0.3 is 15.4 Å². The number of ether oxygens (including phenoxy) is 1. The van der Waals surface area contributed by atoms with E-state index < -0.39 is 5.56 Å². The van der Waals surface area contributed by atoms with E-state index in [9.17, 15) is 10.1 Å². The molecule has 0 aliphatic carbocycles. The first-order chi connectivity index (χ1) is 17.0. The highest BCUT2D eigenvalue weighted by Crippen LogP contribution is 2.34. The van der Waals surface area contributed by atoms with Gasteiger partial charge in [-0.05, 0) is 36.7 Å². The third-order valence-corrected chi connectivity index (χ3v) is 6.65. The number of aromatic nitrogens is 3. The molecule has 2 N–H and O–H groups in total. The Labute approximate surface area is 211 Å². The summed E-state index contributed by atoms with van der Waals surface area (Å²) >= 11 is 12.6. The molecular weight excluding hydrogens is 487 g/mol. The summed E-state index contributed by atoms with van der Waals surface area (Å²) < 4.78 is 6.87. The molecule has 10 heteroatoms. The predicted molar refractivity (Wildman–Crippen MR) is 136 cm³/mol. The van der Waals surface area contributed by atoms with Crippen molar-refractivity contribution in [2.45, 2.75) is 12.3 Å². The first-order valence-electron chi connectivity index (χ1n) is 10.9. The van der Waals surface area contributed by atoms with Gasteiger partial charge in [0, 0.05) is 36.6 Å². The summed E-state index contributed by atoms with van der Waals surface area (Å²) in [6.45, 7) is 1.91. The number of para-hydroxylation sites is 1. The minimum Gasteiger partial charge on any atom is -0.496 e. The van der Waals surface area contributed by atoms with Crippen molar-refractivity contribution in [1.82, 2.24) is 19.9 Å². The highest BCUT2D eigenvalue weighted by atomic mass is 35.5. The van der Waals surface area contributed by atoms with Crippen LogP contribution >= 0.6 is 23.2 Å². The molecular formula is C25H20Cl2N6O2. The molecule has 35 heavy (non-hydrogen) atoms. The van der Waals surface area contributed by atoms with Crippen molar-refractivity contribution in [3.63, 3.8) is 0 Å². The lowest BCUT2D eigenvalue weighted by atomic mass is 9.97. The number of fused-ring (bicyclic) bond motifs is 1. The van der Waals surface area contributed by atoms with Crippen molar-refractivity contribution in [1.29, 1.82) is 5.26 Å². The second kappa shape index (κ2) is 9.55. The Hall–Kier alpha value is -3.64. The maximum absolute atomic E-state index is 13.2. The Morgan fingerprint density at radius 2 is 2.06 bits per heavy atom. The summed E-state index contributed by atoms with van der Waals surface area (Å²) in [5.41, 5.74) is 2.15. The number of nitriles is 1. The van der Waals surface area contributed by atoms with E-state index in [1.165, 1.54) is 17.0 Å². The fraction of sp³-hybridized carbons (Fsp3) is 0.200. The van der Waals surface area contributed by atoms with Gasteiger partial charge in [0.25, 0.3) is 5.56 Å². The summed E-state index contributed by atoms with van der Waals surface area (Å²) in [4.78, 5) is 22.0. The van der Waals surface area contributed by atoms with Gasteiger partial charge in [-0.2, -0.15) is 5.26 Å². The van der Waals surface area contributed by atoms with Gasteiger partial charge in [-0.15, -0.1) is 0 Å². The van der Waals surface area contributed by atoms with E-state index in [1.54, 1.807) is 25.3 Å². The van der Waals surface area contributed by atoms with E-state index in [1.807, 2.05) is 18.2 Å². The fourth-order valence-electron chi connectivity index (χ4n) is 4.32. The zero-order valence-corrected chi connectivity index (χ0v) is 20.2. The Balaban J connectivity index is 1.54. The molecule has 2 aromatic heterocycles. The first kappa shape index (κ1) is 23.1. The summed E-state index contributed by atoms with van der Waals surface area (Å²) in [6.07, 6.45) is 3.84. The van der Waals surface area contributed by atoms with Crippen LogP contribution in [0.25, 0.3) is 16.6 Å². The van der Waals surface area contributed by atoms with Crippen molar-refractivity contribution in [2.24, 2.45) is 0 Å². The molecule has 5 rings (SSSR count). The van der Waals surface area contributed by atoms with E-state index in [0.717, 1.165) is 36.5 Å². The van der Waals surface area contributed by atoms with Gasteiger partial charge in [0.05, 0.1) is 33.8 Å². The lowest BCUT2D eigenvalue weighted by Crippen LogP contribution is -2.20. The average Bonchev–Trinajstić information content (AvgIpc) is 3.40. The zero-order chi connectivity index (χ0) is 24.5. The summed E-state index contributed by atoms with van der Waals surface area (Å²) in [5, 5.41) is 17.0. The van der Waals surface area contributed by atoms with Gasteiger partial charge in [-0.3, -0.25) is 9.36 Å². The quantitative estimate of drug-likeness (QED) is 0.400. The first-order valence-corrected chi connectivity index (χ1v) is 11.7. The third-order valence-electron chi connectivity index (χ3n) is 6.04. The van der Waals surface area contributed by atoms with Crippen LogP contribution in [-0.4, -0.2) is 34.7 Å². The number of nitrogens with zero attached hydrogens (tertiary/aromatic N) is 4. The van der Waals surface area contributed by atoms with Crippen molar-refractivity contribution >= 4 is 45.7 Å². The number of halogens is 2. The lowest BCUT2D eigenvalue weighted by Gasteiger charge is -2.16. The number of anilines is 2. The summed E-state index contributed by atoms with van der Waals surface area (Å²) in [6, 6.07) is 12.9. The Morgan fingerprint density at radius 3 is 2.74 bits per heavy atom. The van der Waals surface area contributed by atoms with E-state index >= 15 is 0 Å². The smallest absolute Gasteiger partial charge is 0.266 e. The molecule has 0 saturated carbocycles. The molecule has 1 unspecified atom stereocenters. The molecule has 0 bridgehead atoms. The van der Waals surface area contributed by atoms with E-state index in [2.05, 4.69) is 26.7 Å². The Bertz CT molecular complexity index is 1520. The van der Waals surface area contributed by atoms with Crippen LogP contribution in [0.4, 0.5) is 11.6 Å². The minimum absolute atomic E-state index is 0.173. The molecule has 0 spiro atoms. The SMILES string of the molecule is COc1cc(Nc2ncc3c(=O)n(-c4c(Cl)cccc4Cl)cc(C#N)c3n2)ccc1C1CCNC1. The second-order valence-corrected chi connectivity index (χ2v) is 8.94. The monoisotopic (exact) mass is 506 g/mol. The van der Waals surface area contributed by atoms with Gasteiger partial charge in [0.15, 0.2) is 0 Å².